The van der Waals surface area contributed by atoms with Crippen molar-refractivity contribution in [2.24, 2.45) is 0 Å². The van der Waals surface area contributed by atoms with E-state index in [1.165, 1.54) is 16.9 Å². The molecule has 0 spiro atoms. The lowest BCUT2D eigenvalue weighted by Crippen LogP contribution is -2.22. The Balaban J connectivity index is 1.89. The van der Waals surface area contributed by atoms with Crippen LogP contribution in [0.4, 0.5) is 5.13 Å². The smallest absolute Gasteiger partial charge is 0.282 e. The molecule has 2 heterocycles. The summed E-state index contributed by atoms with van der Waals surface area (Å²) in [6, 6.07) is 0. The monoisotopic (exact) mass is 296 g/mol. The van der Waals surface area contributed by atoms with E-state index in [9.17, 15) is 4.79 Å². The van der Waals surface area contributed by atoms with Gasteiger partial charge in [0.05, 0.1) is 0 Å². The fourth-order valence-corrected chi connectivity index (χ4v) is 2.98. The maximum atomic E-state index is 11.9. The van der Waals surface area contributed by atoms with Crippen molar-refractivity contribution in [1.82, 2.24) is 15.5 Å². The molecule has 0 atom stereocenters. The van der Waals surface area contributed by atoms with Gasteiger partial charge in [0.1, 0.15) is 0 Å². The number of carbonyl (C=O) groups excluding carboxylic acids is 1. The second kappa shape index (κ2) is 6.63. The second-order valence-corrected chi connectivity index (χ2v) is 5.82. The van der Waals surface area contributed by atoms with E-state index in [2.05, 4.69) is 33.1 Å². The predicted molar refractivity (Wildman–Crippen MR) is 78.9 cm³/mol. The van der Waals surface area contributed by atoms with Crippen molar-refractivity contribution in [2.45, 2.75) is 26.8 Å². The zero-order chi connectivity index (χ0) is 13.7. The molecule has 2 rings (SSSR count). The van der Waals surface area contributed by atoms with E-state index in [-0.39, 0.29) is 5.91 Å². The molecule has 0 aromatic carbocycles. The van der Waals surface area contributed by atoms with Gasteiger partial charge >= 0.3 is 0 Å². The molecule has 102 valence electrons. The number of hydrogen-bond acceptors (Lipinski definition) is 6. The van der Waals surface area contributed by atoms with Crippen LogP contribution in [0.1, 0.15) is 34.3 Å². The Labute approximate surface area is 120 Å². The quantitative estimate of drug-likeness (QED) is 0.860. The molecule has 2 aromatic rings. The Morgan fingerprint density at radius 2 is 2.21 bits per heavy atom. The van der Waals surface area contributed by atoms with Crippen LogP contribution in [-0.2, 0) is 6.54 Å². The van der Waals surface area contributed by atoms with Crippen LogP contribution in [0.2, 0.25) is 0 Å². The lowest BCUT2D eigenvalue weighted by Gasteiger charge is -2.01. The summed E-state index contributed by atoms with van der Waals surface area (Å²) in [4.78, 5) is 11.9. The molecular weight excluding hydrogens is 280 g/mol. The SMILES string of the molecule is CCCNc1nnc(C(=O)NCc2cscc2C)s1. The molecule has 0 saturated heterocycles. The number of carbonyl (C=O) groups is 1. The number of hydrogen-bond donors (Lipinski definition) is 2. The third-order valence-corrected chi connectivity index (χ3v) is 4.34. The second-order valence-electron chi connectivity index (χ2n) is 4.10. The molecule has 2 aromatic heterocycles. The number of rotatable bonds is 6. The van der Waals surface area contributed by atoms with E-state index in [0.29, 0.717) is 16.7 Å². The third kappa shape index (κ3) is 3.74. The van der Waals surface area contributed by atoms with Crippen LogP contribution in [0.15, 0.2) is 10.8 Å². The Morgan fingerprint density at radius 3 is 2.89 bits per heavy atom. The number of aryl methyl sites for hydroxylation is 1. The Hall–Kier alpha value is -1.47. The number of aromatic nitrogens is 2. The zero-order valence-electron chi connectivity index (χ0n) is 10.9. The number of nitrogens with one attached hydrogen (secondary N) is 2. The maximum Gasteiger partial charge on any atom is 0.282 e. The summed E-state index contributed by atoms with van der Waals surface area (Å²) >= 11 is 2.92. The molecule has 0 bridgehead atoms. The van der Waals surface area contributed by atoms with Crippen LogP contribution in [0, 0.1) is 6.92 Å². The normalized spacial score (nSPS) is 10.4. The molecular formula is C12H16N4OS2. The highest BCUT2D eigenvalue weighted by Crippen LogP contribution is 2.16. The standard InChI is InChI=1S/C12H16N4OS2/c1-3-4-13-12-16-15-11(19-12)10(17)14-5-9-7-18-6-8(9)2/h6-7H,3-5H2,1-2H3,(H,13,16)(H,14,17). The van der Waals surface area contributed by atoms with Crippen LogP contribution in [0.5, 0.6) is 0 Å². The van der Waals surface area contributed by atoms with Crippen LogP contribution in [0.25, 0.3) is 0 Å². The number of nitrogens with zero attached hydrogens (tertiary/aromatic N) is 2. The summed E-state index contributed by atoms with van der Waals surface area (Å²) in [7, 11) is 0. The van der Waals surface area contributed by atoms with Gasteiger partial charge in [0.25, 0.3) is 5.91 Å². The number of anilines is 1. The van der Waals surface area contributed by atoms with Crippen LogP contribution < -0.4 is 10.6 Å². The summed E-state index contributed by atoms with van der Waals surface area (Å²) in [6.07, 6.45) is 1.01. The fourth-order valence-electron chi connectivity index (χ4n) is 1.44. The first kappa shape index (κ1) is 14.0. The van der Waals surface area contributed by atoms with Gasteiger partial charge in [-0.25, -0.2) is 0 Å². The van der Waals surface area contributed by atoms with Gasteiger partial charge in [0.2, 0.25) is 10.1 Å². The number of amides is 1. The van der Waals surface area contributed by atoms with Gasteiger partial charge in [0, 0.05) is 13.1 Å². The first-order valence-corrected chi connectivity index (χ1v) is 7.84. The lowest BCUT2D eigenvalue weighted by atomic mass is 10.2. The first-order chi connectivity index (χ1) is 9.20. The average Bonchev–Trinajstić information content (AvgIpc) is 3.03. The van der Waals surface area contributed by atoms with Gasteiger partial charge in [-0.15, -0.1) is 10.2 Å². The topological polar surface area (TPSA) is 66.9 Å². The third-order valence-electron chi connectivity index (χ3n) is 2.55. The molecule has 2 N–H and O–H groups in total. The minimum atomic E-state index is -0.173. The van der Waals surface area contributed by atoms with Gasteiger partial charge in [-0.2, -0.15) is 11.3 Å². The van der Waals surface area contributed by atoms with E-state index in [1.807, 2.05) is 12.3 Å². The maximum absolute atomic E-state index is 11.9. The summed E-state index contributed by atoms with van der Waals surface area (Å²) < 4.78 is 0. The molecule has 0 aliphatic rings. The van der Waals surface area contributed by atoms with Crippen molar-refractivity contribution < 1.29 is 4.79 Å². The molecule has 7 heteroatoms. The van der Waals surface area contributed by atoms with Crippen molar-refractivity contribution >= 4 is 33.7 Å². The summed E-state index contributed by atoms with van der Waals surface area (Å²) in [5.41, 5.74) is 2.35. The molecule has 19 heavy (non-hydrogen) atoms. The summed E-state index contributed by atoms with van der Waals surface area (Å²) in [6.45, 7) is 5.48. The van der Waals surface area contributed by atoms with Gasteiger partial charge in [-0.3, -0.25) is 4.79 Å². The largest absolute Gasteiger partial charge is 0.360 e. The van der Waals surface area contributed by atoms with Crippen molar-refractivity contribution in [1.29, 1.82) is 0 Å². The molecule has 0 aliphatic carbocycles. The molecule has 1 amide bonds. The Kier molecular flexibility index (Phi) is 4.86. The molecule has 0 saturated carbocycles. The lowest BCUT2D eigenvalue weighted by molar-refractivity contribution is 0.0950. The van der Waals surface area contributed by atoms with Crippen LogP contribution in [-0.4, -0.2) is 22.6 Å². The van der Waals surface area contributed by atoms with E-state index >= 15 is 0 Å². The molecule has 0 unspecified atom stereocenters. The van der Waals surface area contributed by atoms with E-state index in [0.717, 1.165) is 18.5 Å². The van der Waals surface area contributed by atoms with E-state index < -0.39 is 0 Å². The number of thiophene rings is 1. The highest BCUT2D eigenvalue weighted by atomic mass is 32.1. The van der Waals surface area contributed by atoms with Gasteiger partial charge < -0.3 is 10.6 Å². The Bertz CT molecular complexity index is 549. The first-order valence-electron chi connectivity index (χ1n) is 6.08. The summed E-state index contributed by atoms with van der Waals surface area (Å²) in [5.74, 6) is -0.173. The highest BCUT2D eigenvalue weighted by molar-refractivity contribution is 7.17. The van der Waals surface area contributed by atoms with Crippen LogP contribution in [0.3, 0.4) is 0 Å². The van der Waals surface area contributed by atoms with Gasteiger partial charge in [-0.1, -0.05) is 18.3 Å². The van der Waals surface area contributed by atoms with Crippen molar-refractivity contribution in [3.05, 3.63) is 26.9 Å². The summed E-state index contributed by atoms with van der Waals surface area (Å²) in [5, 5.41) is 19.0. The van der Waals surface area contributed by atoms with Crippen LogP contribution >= 0.6 is 22.7 Å². The average molecular weight is 296 g/mol. The molecule has 0 fully saturated rings. The molecule has 0 aliphatic heterocycles. The Morgan fingerprint density at radius 1 is 1.37 bits per heavy atom. The van der Waals surface area contributed by atoms with Crippen molar-refractivity contribution in [3.8, 4) is 0 Å². The minimum Gasteiger partial charge on any atom is -0.360 e. The highest BCUT2D eigenvalue weighted by Gasteiger charge is 2.12. The minimum absolute atomic E-state index is 0.173. The van der Waals surface area contributed by atoms with E-state index in [4.69, 9.17) is 0 Å². The molecule has 5 nitrogen and oxygen atoms in total. The zero-order valence-corrected chi connectivity index (χ0v) is 12.5. The van der Waals surface area contributed by atoms with Crippen molar-refractivity contribution in [3.63, 3.8) is 0 Å². The predicted octanol–water partition coefficient (Wildman–Crippen LogP) is 2.66. The van der Waals surface area contributed by atoms with Gasteiger partial charge in [-0.05, 0) is 35.2 Å². The van der Waals surface area contributed by atoms with Gasteiger partial charge in [0.15, 0.2) is 0 Å². The van der Waals surface area contributed by atoms with Crippen molar-refractivity contribution in [2.75, 3.05) is 11.9 Å². The fraction of sp³-hybridized carbons (Fsp3) is 0.417. The molecule has 0 radical (unpaired) electrons. The van der Waals surface area contributed by atoms with E-state index in [1.54, 1.807) is 11.3 Å².